The summed E-state index contributed by atoms with van der Waals surface area (Å²) in [5.41, 5.74) is 0.725. The van der Waals surface area contributed by atoms with Crippen molar-refractivity contribution in [3.63, 3.8) is 0 Å². The van der Waals surface area contributed by atoms with Crippen LogP contribution in [0.1, 0.15) is 24.8 Å². The fraction of sp³-hybridized carbons (Fsp3) is 0.600. The van der Waals surface area contributed by atoms with E-state index in [0.717, 1.165) is 24.5 Å². The molecule has 2 saturated heterocycles. The Morgan fingerprint density at radius 1 is 0.962 bits per heavy atom. The van der Waals surface area contributed by atoms with Gasteiger partial charge in [-0.15, -0.1) is 6.58 Å². The highest BCUT2D eigenvalue weighted by atomic mass is 19.2. The van der Waals surface area contributed by atoms with Crippen molar-refractivity contribution in [1.29, 1.82) is 0 Å². The quantitative estimate of drug-likeness (QED) is 0.685. The normalized spacial score (nSPS) is 29.5. The van der Waals surface area contributed by atoms with Gasteiger partial charge < -0.3 is 18.9 Å². The molecule has 3 rings (SSSR count). The van der Waals surface area contributed by atoms with Gasteiger partial charge in [-0.25, -0.2) is 8.78 Å². The van der Waals surface area contributed by atoms with Crippen molar-refractivity contribution < 1.29 is 27.7 Å². The lowest BCUT2D eigenvalue weighted by Gasteiger charge is -2.37. The summed E-state index contributed by atoms with van der Waals surface area (Å²) in [6.07, 6.45) is 4.43. The average Bonchev–Trinajstić information content (AvgIpc) is 2.68. The topological polar surface area (TPSA) is 36.9 Å². The Balaban J connectivity index is 1.36. The number of ether oxygens (including phenoxy) is 4. The highest BCUT2D eigenvalue weighted by molar-refractivity contribution is 5.17. The van der Waals surface area contributed by atoms with Gasteiger partial charge >= 0.3 is 0 Å². The molecule has 0 bridgehead atoms. The Morgan fingerprint density at radius 2 is 1.69 bits per heavy atom. The predicted octanol–water partition coefficient (Wildman–Crippen LogP) is 3.84. The standard InChI is InChI=1S/C20H26F2O4/c1-2-3-4-15-10-25-20(26-11-15)16-12-23-19(24-13-16)8-6-14-5-7-17(21)18(22)9-14/h2,5,7,9,15-16,19-20H,1,3-4,6,8,10-13H2. The van der Waals surface area contributed by atoms with Gasteiger partial charge in [0.2, 0.25) is 0 Å². The van der Waals surface area contributed by atoms with Crippen molar-refractivity contribution in [2.75, 3.05) is 26.4 Å². The summed E-state index contributed by atoms with van der Waals surface area (Å²) in [5.74, 6) is -1.19. The van der Waals surface area contributed by atoms with Crippen LogP contribution >= 0.6 is 0 Å². The molecule has 0 atom stereocenters. The lowest BCUT2D eigenvalue weighted by molar-refractivity contribution is -0.281. The van der Waals surface area contributed by atoms with Crippen LogP contribution in [0, 0.1) is 23.5 Å². The first-order valence-corrected chi connectivity index (χ1v) is 9.17. The zero-order valence-corrected chi connectivity index (χ0v) is 14.9. The molecule has 2 aliphatic heterocycles. The smallest absolute Gasteiger partial charge is 0.164 e. The molecule has 26 heavy (non-hydrogen) atoms. The monoisotopic (exact) mass is 368 g/mol. The third kappa shape index (κ3) is 5.33. The van der Waals surface area contributed by atoms with E-state index < -0.39 is 11.6 Å². The molecule has 4 nitrogen and oxygen atoms in total. The lowest BCUT2D eigenvalue weighted by atomic mass is 10.0. The Hall–Kier alpha value is -1.34. The highest BCUT2D eigenvalue weighted by Crippen LogP contribution is 2.25. The van der Waals surface area contributed by atoms with Gasteiger partial charge in [0.1, 0.15) is 0 Å². The van der Waals surface area contributed by atoms with E-state index in [9.17, 15) is 8.78 Å². The minimum Gasteiger partial charge on any atom is -0.352 e. The molecule has 6 heteroatoms. The van der Waals surface area contributed by atoms with E-state index in [1.54, 1.807) is 6.07 Å². The Bertz CT molecular complexity index is 579. The second kappa shape index (κ2) is 9.55. The Labute approximate surface area is 153 Å². The SMILES string of the molecule is C=CCCC1COC(C2COC(CCc3ccc(F)c(F)c3)OC2)OC1. The zero-order valence-electron chi connectivity index (χ0n) is 14.9. The highest BCUT2D eigenvalue weighted by Gasteiger charge is 2.33. The van der Waals surface area contributed by atoms with Gasteiger partial charge in [0.05, 0.1) is 32.3 Å². The summed E-state index contributed by atoms with van der Waals surface area (Å²) in [6, 6.07) is 3.94. The van der Waals surface area contributed by atoms with E-state index in [4.69, 9.17) is 18.9 Å². The second-order valence-electron chi connectivity index (χ2n) is 6.91. The summed E-state index contributed by atoms with van der Waals surface area (Å²) < 4.78 is 49.3. The number of allylic oxidation sites excluding steroid dienone is 1. The van der Waals surface area contributed by atoms with Gasteiger partial charge in [-0.1, -0.05) is 12.1 Å². The van der Waals surface area contributed by atoms with Crippen LogP contribution in [0.2, 0.25) is 0 Å². The fourth-order valence-electron chi connectivity index (χ4n) is 3.21. The summed E-state index contributed by atoms with van der Waals surface area (Å²) in [4.78, 5) is 0. The third-order valence-electron chi connectivity index (χ3n) is 4.80. The fourth-order valence-corrected chi connectivity index (χ4v) is 3.21. The summed E-state index contributed by atoms with van der Waals surface area (Å²) in [7, 11) is 0. The van der Waals surface area contributed by atoms with E-state index in [2.05, 4.69) is 6.58 Å². The molecule has 0 saturated carbocycles. The molecule has 0 radical (unpaired) electrons. The van der Waals surface area contributed by atoms with Crippen LogP contribution in [-0.2, 0) is 25.4 Å². The maximum Gasteiger partial charge on any atom is 0.164 e. The number of halogens is 2. The van der Waals surface area contributed by atoms with Crippen molar-refractivity contribution in [1.82, 2.24) is 0 Å². The first-order valence-electron chi connectivity index (χ1n) is 9.17. The largest absolute Gasteiger partial charge is 0.352 e. The van der Waals surface area contributed by atoms with Gasteiger partial charge in [0.15, 0.2) is 24.2 Å². The number of aryl methyl sites for hydroxylation is 1. The van der Waals surface area contributed by atoms with Crippen molar-refractivity contribution in [3.05, 3.63) is 48.1 Å². The molecule has 0 amide bonds. The lowest BCUT2D eigenvalue weighted by Crippen LogP contribution is -2.44. The summed E-state index contributed by atoms with van der Waals surface area (Å²) in [5, 5.41) is 0. The molecular weight excluding hydrogens is 342 g/mol. The van der Waals surface area contributed by atoms with Crippen LogP contribution in [-0.4, -0.2) is 39.0 Å². The number of rotatable bonds is 7. The molecule has 1 aromatic rings. The van der Waals surface area contributed by atoms with Crippen molar-refractivity contribution in [2.45, 2.75) is 38.3 Å². The van der Waals surface area contributed by atoms with E-state index >= 15 is 0 Å². The van der Waals surface area contributed by atoms with Gasteiger partial charge in [-0.2, -0.15) is 0 Å². The van der Waals surface area contributed by atoms with E-state index in [1.807, 2.05) is 6.08 Å². The number of hydrogen-bond acceptors (Lipinski definition) is 4. The number of benzene rings is 1. The predicted molar refractivity (Wildman–Crippen MR) is 92.5 cm³/mol. The first kappa shape index (κ1) is 19.4. The van der Waals surface area contributed by atoms with Gasteiger partial charge in [-0.3, -0.25) is 0 Å². The second-order valence-corrected chi connectivity index (χ2v) is 6.91. The van der Waals surface area contributed by atoms with Crippen LogP contribution < -0.4 is 0 Å². The molecule has 0 unspecified atom stereocenters. The van der Waals surface area contributed by atoms with Crippen LogP contribution in [0.4, 0.5) is 8.78 Å². The average molecular weight is 368 g/mol. The van der Waals surface area contributed by atoms with Crippen LogP contribution in [0.25, 0.3) is 0 Å². The van der Waals surface area contributed by atoms with Gasteiger partial charge in [0, 0.05) is 12.3 Å². The molecular formula is C20H26F2O4. The maximum atomic E-state index is 13.2. The maximum absolute atomic E-state index is 13.2. The Kier molecular flexibility index (Phi) is 7.14. The zero-order chi connectivity index (χ0) is 18.4. The summed E-state index contributed by atoms with van der Waals surface area (Å²) in [6.45, 7) is 6.12. The van der Waals surface area contributed by atoms with Crippen molar-refractivity contribution in [3.8, 4) is 0 Å². The molecule has 2 fully saturated rings. The van der Waals surface area contributed by atoms with Gasteiger partial charge in [-0.05, 0) is 37.0 Å². The van der Waals surface area contributed by atoms with Crippen LogP contribution in [0.5, 0.6) is 0 Å². The third-order valence-corrected chi connectivity index (χ3v) is 4.80. The first-order chi connectivity index (χ1) is 12.7. The Morgan fingerprint density at radius 3 is 2.35 bits per heavy atom. The molecule has 144 valence electrons. The van der Waals surface area contributed by atoms with Crippen molar-refractivity contribution >= 4 is 0 Å². The van der Waals surface area contributed by atoms with E-state index in [0.29, 0.717) is 45.2 Å². The molecule has 2 aliphatic rings. The molecule has 0 N–H and O–H groups in total. The minimum absolute atomic E-state index is 0.0508. The molecule has 0 aliphatic carbocycles. The molecule has 0 aromatic heterocycles. The van der Waals surface area contributed by atoms with E-state index in [-0.39, 0.29) is 18.5 Å². The van der Waals surface area contributed by atoms with Crippen molar-refractivity contribution in [2.24, 2.45) is 11.8 Å². The minimum atomic E-state index is -0.832. The number of hydrogen-bond donors (Lipinski definition) is 0. The van der Waals surface area contributed by atoms with Crippen LogP contribution in [0.15, 0.2) is 30.9 Å². The molecule has 0 spiro atoms. The van der Waals surface area contributed by atoms with Gasteiger partial charge in [0.25, 0.3) is 0 Å². The summed E-state index contributed by atoms with van der Waals surface area (Å²) >= 11 is 0. The van der Waals surface area contributed by atoms with E-state index in [1.165, 1.54) is 6.07 Å². The molecule has 1 aromatic carbocycles. The van der Waals surface area contributed by atoms with Crippen LogP contribution in [0.3, 0.4) is 0 Å². The molecule has 2 heterocycles.